The fourth-order valence-corrected chi connectivity index (χ4v) is 12.4. The third kappa shape index (κ3) is 0.624. The first kappa shape index (κ1) is 10.8. The molecule has 0 N–H and O–H groups in total. The molecule has 8 atom stereocenters. The molecule has 7 aliphatic carbocycles. The summed E-state index contributed by atoms with van der Waals surface area (Å²) in [5, 5.41) is 0. The molecule has 0 radical (unpaired) electrons. The van der Waals surface area contributed by atoms with Crippen LogP contribution in [0.5, 0.6) is 0 Å². The predicted molar refractivity (Wildman–Crippen MR) is 77.1 cm³/mol. The van der Waals surface area contributed by atoms with Crippen molar-refractivity contribution in [2.75, 3.05) is 0 Å². The summed E-state index contributed by atoms with van der Waals surface area (Å²) in [4.78, 5) is 0.593. The van der Waals surface area contributed by atoms with Gasteiger partial charge in [0.05, 0.1) is 9.64 Å². The Bertz CT molecular complexity index is 826. The first-order chi connectivity index (χ1) is 10.2. The minimum atomic E-state index is -3.13. The fraction of sp³-hybridized carbons (Fsp3) is 0.667. The van der Waals surface area contributed by atoms with Crippen molar-refractivity contribution in [2.45, 2.75) is 35.3 Å². The number of sulfone groups is 1. The maximum absolute atomic E-state index is 13.5. The van der Waals surface area contributed by atoms with E-state index in [2.05, 4.69) is 0 Å². The van der Waals surface area contributed by atoms with Crippen LogP contribution >= 0.6 is 0 Å². The molecule has 0 heterocycles. The van der Waals surface area contributed by atoms with Gasteiger partial charge in [-0.25, -0.2) is 8.42 Å². The van der Waals surface area contributed by atoms with Crippen LogP contribution in [0.3, 0.4) is 0 Å². The van der Waals surface area contributed by atoms with Crippen molar-refractivity contribution in [3.05, 3.63) is 30.3 Å². The molecule has 1 aromatic rings. The molecule has 21 heavy (non-hydrogen) atoms. The monoisotopic (exact) mass is 298 g/mol. The van der Waals surface area contributed by atoms with Gasteiger partial charge in [-0.15, -0.1) is 0 Å². The summed E-state index contributed by atoms with van der Waals surface area (Å²) in [6.07, 6.45) is 5.31. The molecule has 1 aromatic carbocycles. The van der Waals surface area contributed by atoms with E-state index in [-0.39, 0.29) is 10.2 Å². The van der Waals surface area contributed by atoms with E-state index in [9.17, 15) is 8.42 Å². The van der Waals surface area contributed by atoms with Crippen molar-refractivity contribution in [1.82, 2.24) is 0 Å². The second kappa shape index (κ2) is 2.51. The molecule has 0 aliphatic heterocycles. The number of benzene rings is 1. The van der Waals surface area contributed by atoms with E-state index < -0.39 is 9.84 Å². The highest BCUT2D eigenvalue weighted by atomic mass is 32.2. The lowest BCUT2D eigenvalue weighted by Crippen LogP contribution is -2.51. The zero-order valence-electron chi connectivity index (χ0n) is 11.8. The quantitative estimate of drug-likeness (QED) is 0.841. The molecule has 4 bridgehead atoms. The highest BCUT2D eigenvalue weighted by Crippen LogP contribution is 3.14. The molecule has 7 saturated carbocycles. The van der Waals surface area contributed by atoms with Crippen LogP contribution < -0.4 is 0 Å². The van der Waals surface area contributed by atoms with Gasteiger partial charge in [0.1, 0.15) is 0 Å². The summed E-state index contributed by atoms with van der Waals surface area (Å²) < 4.78 is 26.6. The van der Waals surface area contributed by atoms with Crippen LogP contribution in [0, 0.1) is 40.4 Å². The smallest absolute Gasteiger partial charge is 0.185 e. The maximum atomic E-state index is 13.5. The molecule has 8 unspecified atom stereocenters. The first-order valence-electron chi connectivity index (χ1n) is 8.46. The van der Waals surface area contributed by atoms with Crippen molar-refractivity contribution in [2.24, 2.45) is 40.4 Å². The third-order valence-electron chi connectivity index (χ3n) is 8.97. The van der Waals surface area contributed by atoms with Gasteiger partial charge in [0.2, 0.25) is 0 Å². The van der Waals surface area contributed by atoms with E-state index in [4.69, 9.17) is 0 Å². The van der Waals surface area contributed by atoms with E-state index in [0.717, 1.165) is 17.8 Å². The molecule has 2 nitrogen and oxygen atoms in total. The molecule has 7 fully saturated rings. The van der Waals surface area contributed by atoms with Gasteiger partial charge in [0, 0.05) is 5.41 Å². The Morgan fingerprint density at radius 3 is 2.57 bits per heavy atom. The highest BCUT2D eigenvalue weighted by molar-refractivity contribution is 7.93. The Balaban J connectivity index is 1.49. The van der Waals surface area contributed by atoms with Gasteiger partial charge in [0.15, 0.2) is 9.84 Å². The SMILES string of the molecule is O=S(=O)(c1ccccc1)C12C3C4CC1C21C2CCC(C2)C431. The molecule has 8 rings (SSSR count). The summed E-state index contributed by atoms with van der Waals surface area (Å²) >= 11 is 0. The Morgan fingerprint density at radius 1 is 1.00 bits per heavy atom. The molecule has 108 valence electrons. The summed E-state index contributed by atoms with van der Waals surface area (Å²) in [6.45, 7) is 0. The van der Waals surface area contributed by atoms with Crippen LogP contribution in [-0.4, -0.2) is 13.2 Å². The standard InChI is InChI=1S/C18H18O2S/c19-21(20,12-4-2-1-3-5-12)18-14-9-13-15(18)16(13)10-6-7-11(8-10)17(14,16)18/h1-5,10-11,13-15H,6-9H2. The largest absolute Gasteiger partial charge is 0.223 e. The second-order valence-corrected chi connectivity index (χ2v) is 10.6. The first-order valence-corrected chi connectivity index (χ1v) is 9.94. The number of hydrogen-bond acceptors (Lipinski definition) is 2. The number of fused-ring (bicyclic) bond motifs is 2. The van der Waals surface area contributed by atoms with E-state index in [0.29, 0.717) is 22.1 Å². The van der Waals surface area contributed by atoms with Gasteiger partial charge in [-0.3, -0.25) is 0 Å². The van der Waals surface area contributed by atoms with Gasteiger partial charge in [-0.05, 0) is 72.8 Å². The fourth-order valence-electron chi connectivity index (χ4n) is 9.31. The van der Waals surface area contributed by atoms with Gasteiger partial charge < -0.3 is 0 Å². The molecule has 2 spiro atoms. The minimum Gasteiger partial charge on any atom is -0.223 e. The maximum Gasteiger partial charge on any atom is 0.185 e. The van der Waals surface area contributed by atoms with E-state index in [1.165, 1.54) is 25.7 Å². The molecule has 7 aliphatic rings. The van der Waals surface area contributed by atoms with Crippen LogP contribution in [0.2, 0.25) is 0 Å². The van der Waals surface area contributed by atoms with E-state index in [1.54, 1.807) is 0 Å². The molecule has 0 amide bonds. The molecule has 3 heteroatoms. The summed E-state index contributed by atoms with van der Waals surface area (Å²) in [7, 11) is -3.13. The Morgan fingerprint density at radius 2 is 1.76 bits per heavy atom. The van der Waals surface area contributed by atoms with Crippen LogP contribution in [-0.2, 0) is 9.84 Å². The van der Waals surface area contributed by atoms with Crippen molar-refractivity contribution in [3.63, 3.8) is 0 Å². The van der Waals surface area contributed by atoms with E-state index >= 15 is 0 Å². The zero-order chi connectivity index (χ0) is 13.8. The van der Waals surface area contributed by atoms with Crippen LogP contribution in [0.15, 0.2) is 35.2 Å². The zero-order valence-corrected chi connectivity index (χ0v) is 12.6. The van der Waals surface area contributed by atoms with Crippen LogP contribution in [0.1, 0.15) is 25.7 Å². The van der Waals surface area contributed by atoms with Gasteiger partial charge in [0.25, 0.3) is 0 Å². The van der Waals surface area contributed by atoms with Gasteiger partial charge in [-0.2, -0.15) is 0 Å². The van der Waals surface area contributed by atoms with Crippen molar-refractivity contribution in [3.8, 4) is 0 Å². The Kier molecular flexibility index (Phi) is 1.30. The van der Waals surface area contributed by atoms with Crippen LogP contribution in [0.25, 0.3) is 0 Å². The normalized spacial score (nSPS) is 63.0. The van der Waals surface area contributed by atoms with E-state index in [1.807, 2.05) is 30.3 Å². The van der Waals surface area contributed by atoms with Crippen molar-refractivity contribution >= 4 is 9.84 Å². The topological polar surface area (TPSA) is 34.1 Å². The van der Waals surface area contributed by atoms with Crippen LogP contribution in [0.4, 0.5) is 0 Å². The lowest BCUT2D eigenvalue weighted by atomic mass is 9.63. The predicted octanol–water partition coefficient (Wildman–Crippen LogP) is 2.89. The summed E-state index contributed by atoms with van der Waals surface area (Å²) in [5.41, 5.74) is 0.787. The minimum absolute atomic E-state index is 0.257. The lowest BCUT2D eigenvalue weighted by Gasteiger charge is -2.45. The van der Waals surface area contributed by atoms with Gasteiger partial charge in [-0.1, -0.05) is 18.2 Å². The molecular formula is C18H18O2S. The Labute approximate surface area is 124 Å². The van der Waals surface area contributed by atoms with Crippen molar-refractivity contribution in [1.29, 1.82) is 0 Å². The summed E-state index contributed by atoms with van der Waals surface area (Å²) in [5.74, 6) is 3.51. The molecule has 0 aromatic heterocycles. The second-order valence-electron chi connectivity index (χ2n) is 8.49. The number of rotatable bonds is 2. The average molecular weight is 298 g/mol. The number of hydrogen-bond donors (Lipinski definition) is 0. The van der Waals surface area contributed by atoms with Crippen molar-refractivity contribution < 1.29 is 8.42 Å². The Hall–Kier alpha value is -0.830. The van der Waals surface area contributed by atoms with Gasteiger partial charge >= 0.3 is 0 Å². The average Bonchev–Trinajstić information content (AvgIpc) is 2.96. The highest BCUT2D eigenvalue weighted by Gasteiger charge is 3.17. The molecule has 0 saturated heterocycles. The lowest BCUT2D eigenvalue weighted by molar-refractivity contribution is 0.0740. The third-order valence-corrected chi connectivity index (χ3v) is 11.6. The summed E-state index contributed by atoms with van der Waals surface area (Å²) in [6, 6.07) is 9.32. The molecular weight excluding hydrogens is 280 g/mol.